The van der Waals surface area contributed by atoms with Crippen LogP contribution in [0, 0.1) is 0 Å². The van der Waals surface area contributed by atoms with Gasteiger partial charge in [-0.2, -0.15) is 0 Å². The Balaban J connectivity index is 3.03. The molecule has 0 radical (unpaired) electrons. The number of carboxylic acids is 1. The number of carbonyl (C=O) groups excluding carboxylic acids is 1. The molecule has 0 saturated heterocycles. The molecule has 0 aliphatic rings. The van der Waals surface area contributed by atoms with E-state index in [-0.39, 0.29) is 11.4 Å². The van der Waals surface area contributed by atoms with E-state index >= 15 is 0 Å². The van der Waals surface area contributed by atoms with Crippen molar-refractivity contribution in [3.05, 3.63) is 29.6 Å². The van der Waals surface area contributed by atoms with Crippen LogP contribution in [0.3, 0.4) is 0 Å². The number of rotatable bonds is 5. The molecule has 0 aliphatic carbocycles. The lowest BCUT2D eigenvalue weighted by Crippen LogP contribution is -2.44. The number of aromatic nitrogens is 1. The standard InChI is InChI=1S/C13H18N2O5S/c1-8(9(2)21(4,19)20)15(3)12(16)10-6-5-7-11(14-10)13(17)18/h5-9H,1-4H3,(H,17,18). The van der Waals surface area contributed by atoms with Crippen molar-refractivity contribution in [2.45, 2.75) is 25.1 Å². The molecule has 1 amide bonds. The van der Waals surface area contributed by atoms with E-state index in [9.17, 15) is 18.0 Å². The zero-order valence-electron chi connectivity index (χ0n) is 12.3. The summed E-state index contributed by atoms with van der Waals surface area (Å²) in [5, 5.41) is 8.13. The van der Waals surface area contributed by atoms with Gasteiger partial charge in [0.2, 0.25) is 0 Å². The number of sulfone groups is 1. The number of carboxylic acid groups (broad SMARTS) is 1. The first-order chi connectivity index (χ1) is 9.55. The second-order valence-corrected chi connectivity index (χ2v) is 7.31. The van der Waals surface area contributed by atoms with Crippen molar-refractivity contribution in [3.63, 3.8) is 0 Å². The maximum absolute atomic E-state index is 12.3. The Kier molecular flexibility index (Phi) is 5.06. The molecule has 0 fully saturated rings. The van der Waals surface area contributed by atoms with Gasteiger partial charge in [-0.1, -0.05) is 6.07 Å². The summed E-state index contributed by atoms with van der Waals surface area (Å²) in [5.41, 5.74) is -0.275. The van der Waals surface area contributed by atoms with Crippen molar-refractivity contribution in [2.24, 2.45) is 0 Å². The Bertz CT molecular complexity index is 656. The predicted octanol–water partition coefficient (Wildman–Crippen LogP) is 0.673. The highest BCUT2D eigenvalue weighted by Crippen LogP contribution is 2.13. The number of carbonyl (C=O) groups is 2. The van der Waals surface area contributed by atoms with E-state index in [2.05, 4.69) is 4.98 Å². The van der Waals surface area contributed by atoms with Crippen LogP contribution in [-0.2, 0) is 9.84 Å². The van der Waals surface area contributed by atoms with Crippen molar-refractivity contribution in [1.82, 2.24) is 9.88 Å². The summed E-state index contributed by atoms with van der Waals surface area (Å²) in [6.07, 6.45) is 1.11. The van der Waals surface area contributed by atoms with E-state index in [0.717, 1.165) is 6.26 Å². The second-order valence-electron chi connectivity index (χ2n) is 4.90. The summed E-state index contributed by atoms with van der Waals surface area (Å²) in [6.45, 7) is 3.13. The van der Waals surface area contributed by atoms with Gasteiger partial charge >= 0.3 is 5.97 Å². The van der Waals surface area contributed by atoms with E-state index in [1.165, 1.54) is 37.1 Å². The molecule has 21 heavy (non-hydrogen) atoms. The van der Waals surface area contributed by atoms with Crippen LogP contribution in [0.5, 0.6) is 0 Å². The zero-order valence-corrected chi connectivity index (χ0v) is 13.1. The van der Waals surface area contributed by atoms with E-state index in [4.69, 9.17) is 5.11 Å². The molecule has 1 aromatic heterocycles. The summed E-state index contributed by atoms with van der Waals surface area (Å²) < 4.78 is 23.1. The Morgan fingerprint density at radius 3 is 2.24 bits per heavy atom. The van der Waals surface area contributed by atoms with Gasteiger partial charge in [-0.25, -0.2) is 18.2 Å². The molecule has 0 saturated carbocycles. The Hall–Kier alpha value is -1.96. The van der Waals surface area contributed by atoms with Crippen LogP contribution < -0.4 is 0 Å². The highest BCUT2D eigenvalue weighted by Gasteiger charge is 2.29. The van der Waals surface area contributed by atoms with E-state index in [1.54, 1.807) is 6.92 Å². The minimum Gasteiger partial charge on any atom is -0.477 e. The topological polar surface area (TPSA) is 105 Å². The highest BCUT2D eigenvalue weighted by molar-refractivity contribution is 7.91. The van der Waals surface area contributed by atoms with Crippen molar-refractivity contribution >= 4 is 21.7 Å². The molecular formula is C13H18N2O5S. The maximum Gasteiger partial charge on any atom is 0.354 e. The van der Waals surface area contributed by atoms with Crippen LogP contribution in [0.1, 0.15) is 34.8 Å². The lowest BCUT2D eigenvalue weighted by Gasteiger charge is -2.28. The third kappa shape index (κ3) is 4.01. The molecule has 0 spiro atoms. The summed E-state index contributed by atoms with van der Waals surface area (Å²) in [4.78, 5) is 28.1. The summed E-state index contributed by atoms with van der Waals surface area (Å²) in [6, 6.07) is 3.52. The van der Waals surface area contributed by atoms with Gasteiger partial charge < -0.3 is 10.0 Å². The molecule has 116 valence electrons. The summed E-state index contributed by atoms with van der Waals surface area (Å²) >= 11 is 0. The van der Waals surface area contributed by atoms with Gasteiger partial charge in [0.05, 0.1) is 5.25 Å². The first-order valence-corrected chi connectivity index (χ1v) is 8.17. The normalized spacial score (nSPS) is 14.3. The molecule has 1 aromatic rings. The van der Waals surface area contributed by atoms with Gasteiger partial charge in [-0.3, -0.25) is 4.79 Å². The first-order valence-electron chi connectivity index (χ1n) is 6.22. The van der Waals surface area contributed by atoms with Crippen molar-refractivity contribution in [3.8, 4) is 0 Å². The molecule has 0 aliphatic heterocycles. The largest absolute Gasteiger partial charge is 0.477 e. The average molecular weight is 314 g/mol. The molecule has 1 N–H and O–H groups in total. The van der Waals surface area contributed by atoms with Crippen molar-refractivity contribution in [2.75, 3.05) is 13.3 Å². The number of amides is 1. The fourth-order valence-electron chi connectivity index (χ4n) is 1.71. The maximum atomic E-state index is 12.3. The quantitative estimate of drug-likeness (QED) is 0.856. The first kappa shape index (κ1) is 17.1. The SMILES string of the molecule is CC(C(C)S(C)(=O)=O)N(C)C(=O)c1cccc(C(=O)O)n1. The third-order valence-electron chi connectivity index (χ3n) is 3.47. The lowest BCUT2D eigenvalue weighted by atomic mass is 10.2. The van der Waals surface area contributed by atoms with E-state index < -0.39 is 33.0 Å². The minimum absolute atomic E-state index is 0.0371. The van der Waals surface area contributed by atoms with Crippen molar-refractivity contribution < 1.29 is 23.1 Å². The Labute approximate surface area is 123 Å². The van der Waals surface area contributed by atoms with Crippen molar-refractivity contribution in [1.29, 1.82) is 0 Å². The number of aromatic carboxylic acids is 1. The van der Waals surface area contributed by atoms with Crippen LogP contribution >= 0.6 is 0 Å². The van der Waals surface area contributed by atoms with Crippen LogP contribution in [-0.4, -0.2) is 59.9 Å². The predicted molar refractivity (Wildman–Crippen MR) is 77.1 cm³/mol. The zero-order chi connectivity index (χ0) is 16.4. The molecular weight excluding hydrogens is 296 g/mol. The van der Waals surface area contributed by atoms with Crippen LogP contribution in [0.4, 0.5) is 0 Å². The number of hydrogen-bond acceptors (Lipinski definition) is 5. The minimum atomic E-state index is -3.29. The van der Waals surface area contributed by atoms with E-state index in [1.807, 2.05) is 0 Å². The molecule has 7 nitrogen and oxygen atoms in total. The van der Waals surface area contributed by atoms with Gasteiger partial charge in [0.15, 0.2) is 9.84 Å². The number of pyridine rings is 1. The Morgan fingerprint density at radius 1 is 1.24 bits per heavy atom. The van der Waals surface area contributed by atoms with Gasteiger partial charge in [0.1, 0.15) is 11.4 Å². The lowest BCUT2D eigenvalue weighted by molar-refractivity contribution is 0.0689. The monoisotopic (exact) mass is 314 g/mol. The van der Waals surface area contributed by atoms with Gasteiger partial charge in [0, 0.05) is 19.3 Å². The van der Waals surface area contributed by atoms with Gasteiger partial charge in [-0.15, -0.1) is 0 Å². The molecule has 2 unspecified atom stereocenters. The molecule has 1 heterocycles. The van der Waals surface area contributed by atoms with Crippen LogP contribution in [0.25, 0.3) is 0 Å². The average Bonchev–Trinajstić information content (AvgIpc) is 2.43. The fourth-order valence-corrected chi connectivity index (χ4v) is 2.61. The smallest absolute Gasteiger partial charge is 0.354 e. The molecule has 0 aromatic carbocycles. The Morgan fingerprint density at radius 2 is 1.76 bits per heavy atom. The summed E-state index contributed by atoms with van der Waals surface area (Å²) in [5.74, 6) is -1.76. The second kappa shape index (κ2) is 6.21. The van der Waals surface area contributed by atoms with Crippen LogP contribution in [0.15, 0.2) is 18.2 Å². The van der Waals surface area contributed by atoms with E-state index in [0.29, 0.717) is 0 Å². The summed E-state index contributed by atoms with van der Waals surface area (Å²) in [7, 11) is -1.83. The number of hydrogen-bond donors (Lipinski definition) is 1. The number of nitrogens with zero attached hydrogens (tertiary/aromatic N) is 2. The molecule has 0 bridgehead atoms. The third-order valence-corrected chi connectivity index (χ3v) is 5.22. The molecule has 8 heteroatoms. The fraction of sp³-hybridized carbons (Fsp3) is 0.462. The highest BCUT2D eigenvalue weighted by atomic mass is 32.2. The molecule has 2 atom stereocenters. The van der Waals surface area contributed by atoms with Gasteiger partial charge in [-0.05, 0) is 26.0 Å². The van der Waals surface area contributed by atoms with Crippen LogP contribution in [0.2, 0.25) is 0 Å². The van der Waals surface area contributed by atoms with Gasteiger partial charge in [0.25, 0.3) is 5.91 Å². The molecule has 1 rings (SSSR count).